The number of ether oxygens (including phenoxy) is 2. The zero-order chi connectivity index (χ0) is 13.9. The van der Waals surface area contributed by atoms with Crippen LogP contribution in [0.3, 0.4) is 0 Å². The van der Waals surface area contributed by atoms with E-state index in [4.69, 9.17) is 9.47 Å². The summed E-state index contributed by atoms with van der Waals surface area (Å²) in [5.41, 5.74) is 0. The van der Waals surface area contributed by atoms with Crippen LogP contribution in [0.1, 0.15) is 27.2 Å². The number of rotatable bonds is 5. The van der Waals surface area contributed by atoms with Crippen LogP contribution in [0, 0.1) is 5.92 Å². The number of carbonyl (C=O) groups excluding carboxylic acids is 3. The van der Waals surface area contributed by atoms with Gasteiger partial charge in [-0.1, -0.05) is 0 Å². The van der Waals surface area contributed by atoms with Crippen LogP contribution in [0.4, 0.5) is 0 Å². The van der Waals surface area contributed by atoms with Crippen LogP contribution in [0.2, 0.25) is 0 Å². The lowest BCUT2D eigenvalue weighted by atomic mass is 9.96. The van der Waals surface area contributed by atoms with Gasteiger partial charge in [0.25, 0.3) is 0 Å². The summed E-state index contributed by atoms with van der Waals surface area (Å²) in [4.78, 5) is 34.3. The normalized spacial score (nSPS) is 20.4. The molecule has 0 unspecified atom stereocenters. The SMILES string of the molecule is CC(=O)C[C@@H](C(=O)OC(C)C)[C@@H]1C=C(Br)C(=O)O1. The predicted molar refractivity (Wildman–Crippen MR) is 66.9 cm³/mol. The van der Waals surface area contributed by atoms with E-state index in [1.54, 1.807) is 13.8 Å². The fraction of sp³-hybridized carbons (Fsp3) is 0.583. The molecular formula is C12H15BrO5. The van der Waals surface area contributed by atoms with Crippen molar-refractivity contribution in [2.75, 3.05) is 0 Å². The largest absolute Gasteiger partial charge is 0.463 e. The van der Waals surface area contributed by atoms with E-state index in [9.17, 15) is 14.4 Å². The average molecular weight is 319 g/mol. The molecule has 1 heterocycles. The maximum Gasteiger partial charge on any atom is 0.345 e. The number of cyclic esters (lactones) is 1. The lowest BCUT2D eigenvalue weighted by Gasteiger charge is -2.20. The second-order valence-electron chi connectivity index (χ2n) is 4.38. The molecule has 0 aromatic heterocycles. The van der Waals surface area contributed by atoms with Crippen molar-refractivity contribution in [1.82, 2.24) is 0 Å². The molecule has 1 aliphatic rings. The predicted octanol–water partition coefficient (Wildman–Crippen LogP) is 1.74. The Morgan fingerprint density at radius 3 is 2.50 bits per heavy atom. The van der Waals surface area contributed by atoms with Crippen LogP contribution >= 0.6 is 15.9 Å². The first kappa shape index (κ1) is 14.9. The highest BCUT2D eigenvalue weighted by Crippen LogP contribution is 2.27. The zero-order valence-corrected chi connectivity index (χ0v) is 12.0. The van der Waals surface area contributed by atoms with E-state index < -0.39 is 24.0 Å². The van der Waals surface area contributed by atoms with Gasteiger partial charge in [-0.25, -0.2) is 4.79 Å². The molecule has 0 spiro atoms. The Hall–Kier alpha value is -1.17. The molecule has 1 aliphatic heterocycles. The molecule has 100 valence electrons. The molecular weight excluding hydrogens is 304 g/mol. The second kappa shape index (κ2) is 6.13. The van der Waals surface area contributed by atoms with Gasteiger partial charge in [0.05, 0.1) is 6.10 Å². The van der Waals surface area contributed by atoms with Crippen LogP contribution in [0.5, 0.6) is 0 Å². The highest BCUT2D eigenvalue weighted by atomic mass is 79.9. The van der Waals surface area contributed by atoms with Crippen LogP contribution in [0.15, 0.2) is 10.6 Å². The fourth-order valence-corrected chi connectivity index (χ4v) is 1.94. The minimum absolute atomic E-state index is 0.0136. The second-order valence-corrected chi connectivity index (χ2v) is 5.24. The van der Waals surface area contributed by atoms with Crippen molar-refractivity contribution in [3.8, 4) is 0 Å². The number of carbonyl (C=O) groups is 3. The summed E-state index contributed by atoms with van der Waals surface area (Å²) in [5, 5.41) is 0. The lowest BCUT2D eigenvalue weighted by molar-refractivity contribution is -0.160. The summed E-state index contributed by atoms with van der Waals surface area (Å²) in [7, 11) is 0. The van der Waals surface area contributed by atoms with Crippen LogP contribution < -0.4 is 0 Å². The summed E-state index contributed by atoms with van der Waals surface area (Å²) < 4.78 is 10.3. The first-order valence-electron chi connectivity index (χ1n) is 5.59. The van der Waals surface area contributed by atoms with Crippen molar-refractivity contribution in [2.45, 2.75) is 39.4 Å². The molecule has 0 amide bonds. The van der Waals surface area contributed by atoms with Crippen LogP contribution in [-0.4, -0.2) is 29.9 Å². The molecule has 0 aliphatic carbocycles. The maximum atomic E-state index is 11.9. The Balaban J connectivity index is 2.82. The molecule has 0 radical (unpaired) electrons. The molecule has 18 heavy (non-hydrogen) atoms. The van der Waals surface area contributed by atoms with Gasteiger partial charge in [0.1, 0.15) is 22.3 Å². The van der Waals surface area contributed by atoms with Gasteiger partial charge in [-0.05, 0) is 42.8 Å². The highest BCUT2D eigenvalue weighted by molar-refractivity contribution is 9.12. The molecule has 0 aromatic rings. The summed E-state index contributed by atoms with van der Waals surface area (Å²) in [6.45, 7) is 4.81. The van der Waals surface area contributed by atoms with Gasteiger partial charge in [-0.2, -0.15) is 0 Å². The van der Waals surface area contributed by atoms with E-state index in [2.05, 4.69) is 15.9 Å². The molecule has 0 fully saturated rings. The third-order valence-corrected chi connectivity index (χ3v) is 2.90. The molecule has 0 aromatic carbocycles. The quantitative estimate of drug-likeness (QED) is 0.722. The summed E-state index contributed by atoms with van der Waals surface area (Å²) in [5.74, 6) is -2.01. The minimum Gasteiger partial charge on any atom is -0.463 e. The van der Waals surface area contributed by atoms with Crippen LogP contribution in [0.25, 0.3) is 0 Å². The molecule has 6 heteroatoms. The molecule has 2 atom stereocenters. The lowest BCUT2D eigenvalue weighted by Crippen LogP contribution is -2.32. The molecule has 0 saturated carbocycles. The molecule has 0 saturated heterocycles. The Morgan fingerprint density at radius 1 is 1.50 bits per heavy atom. The van der Waals surface area contributed by atoms with E-state index in [1.807, 2.05) is 0 Å². The molecule has 0 bridgehead atoms. The van der Waals surface area contributed by atoms with E-state index >= 15 is 0 Å². The fourth-order valence-electron chi connectivity index (χ4n) is 1.59. The summed E-state index contributed by atoms with van der Waals surface area (Å²) in [6, 6.07) is 0. The summed E-state index contributed by atoms with van der Waals surface area (Å²) >= 11 is 3.03. The highest BCUT2D eigenvalue weighted by Gasteiger charge is 2.37. The number of halogens is 1. The maximum absolute atomic E-state index is 11.9. The number of esters is 2. The molecule has 1 rings (SSSR count). The van der Waals surface area contributed by atoms with Gasteiger partial charge in [-0.15, -0.1) is 0 Å². The van der Waals surface area contributed by atoms with Gasteiger partial charge in [0.2, 0.25) is 0 Å². The van der Waals surface area contributed by atoms with Crippen molar-refractivity contribution in [3.05, 3.63) is 10.6 Å². The van der Waals surface area contributed by atoms with E-state index in [-0.39, 0.29) is 22.8 Å². The Kier molecular flexibility index (Phi) is 5.07. The monoisotopic (exact) mass is 318 g/mol. The minimum atomic E-state index is -0.788. The average Bonchev–Trinajstić information content (AvgIpc) is 2.54. The zero-order valence-electron chi connectivity index (χ0n) is 10.4. The van der Waals surface area contributed by atoms with E-state index in [0.29, 0.717) is 0 Å². The summed E-state index contributed by atoms with van der Waals surface area (Å²) in [6.07, 6.45) is 0.441. The van der Waals surface area contributed by atoms with Gasteiger partial charge in [0, 0.05) is 6.42 Å². The number of hydrogen-bond acceptors (Lipinski definition) is 5. The first-order chi connectivity index (χ1) is 8.31. The Bertz CT molecular complexity index is 399. The van der Waals surface area contributed by atoms with Crippen molar-refractivity contribution in [1.29, 1.82) is 0 Å². The van der Waals surface area contributed by atoms with Crippen molar-refractivity contribution in [3.63, 3.8) is 0 Å². The third kappa shape index (κ3) is 3.94. The van der Waals surface area contributed by atoms with Crippen molar-refractivity contribution < 1.29 is 23.9 Å². The number of Topliss-reactive ketones (excluding diaryl/α,β-unsaturated/α-hetero) is 1. The Labute approximate surface area is 114 Å². The van der Waals surface area contributed by atoms with E-state index in [0.717, 1.165) is 0 Å². The van der Waals surface area contributed by atoms with Gasteiger partial charge in [-0.3, -0.25) is 9.59 Å². The molecule has 0 N–H and O–H groups in total. The molecule has 5 nitrogen and oxygen atoms in total. The smallest absolute Gasteiger partial charge is 0.345 e. The van der Waals surface area contributed by atoms with Crippen LogP contribution in [-0.2, 0) is 23.9 Å². The van der Waals surface area contributed by atoms with Gasteiger partial charge >= 0.3 is 11.9 Å². The van der Waals surface area contributed by atoms with Gasteiger partial charge < -0.3 is 9.47 Å². The topological polar surface area (TPSA) is 69.7 Å². The van der Waals surface area contributed by atoms with E-state index in [1.165, 1.54) is 13.0 Å². The third-order valence-electron chi connectivity index (χ3n) is 2.31. The first-order valence-corrected chi connectivity index (χ1v) is 6.38. The standard InChI is InChI=1S/C12H15BrO5/c1-6(2)17-11(15)8(4-7(3)14)10-5-9(13)12(16)18-10/h5-6,8,10H,4H2,1-3H3/t8-,10+/m1/s1. The van der Waals surface area contributed by atoms with Crippen molar-refractivity contribution in [2.24, 2.45) is 5.92 Å². The Morgan fingerprint density at radius 2 is 2.11 bits per heavy atom. The van der Waals surface area contributed by atoms with Gasteiger partial charge in [0.15, 0.2) is 0 Å². The number of ketones is 1. The van der Waals surface area contributed by atoms with Crippen molar-refractivity contribution >= 4 is 33.7 Å². The number of hydrogen-bond donors (Lipinski definition) is 0.